The Labute approximate surface area is 104 Å². The lowest BCUT2D eigenvalue weighted by Crippen LogP contribution is -2.23. The number of non-ortho nitro benzene ring substituents is 1. The van der Waals surface area contributed by atoms with E-state index in [0.717, 1.165) is 10.0 Å². The van der Waals surface area contributed by atoms with Gasteiger partial charge in [0.15, 0.2) is 0 Å². The minimum Gasteiger partial charge on any atom is -0.374 e. The number of carbonyl (C=O) groups is 1. The Morgan fingerprint density at radius 1 is 1.50 bits per heavy atom. The highest BCUT2D eigenvalue weighted by Crippen LogP contribution is 2.15. The summed E-state index contributed by atoms with van der Waals surface area (Å²) in [5.74, 6) is -0.696. The van der Waals surface area contributed by atoms with Crippen molar-refractivity contribution in [1.29, 1.82) is 0 Å². The molecule has 1 heterocycles. The number of aromatic nitrogens is 2. The van der Waals surface area contributed by atoms with Gasteiger partial charge in [-0.2, -0.15) is 8.94 Å². The van der Waals surface area contributed by atoms with E-state index in [4.69, 9.17) is 5.73 Å². The van der Waals surface area contributed by atoms with Crippen LogP contribution in [0.25, 0.3) is 0 Å². The van der Waals surface area contributed by atoms with Crippen molar-refractivity contribution >= 4 is 28.3 Å². The lowest BCUT2D eigenvalue weighted by Gasteiger charge is -1.98. The number of nitrogens with zero attached hydrogens (tertiary/aromatic N) is 3. The molecule has 0 fully saturated rings. The van der Waals surface area contributed by atoms with Crippen molar-refractivity contribution in [2.75, 3.05) is 5.73 Å². The zero-order chi connectivity index (χ0) is 13.3. The van der Waals surface area contributed by atoms with Crippen LogP contribution in [0, 0.1) is 10.1 Å². The summed E-state index contributed by atoms with van der Waals surface area (Å²) in [5.41, 5.74) is 4.30. The summed E-state index contributed by atoms with van der Waals surface area (Å²) < 4.78 is 0.744. The van der Waals surface area contributed by atoms with Crippen LogP contribution >= 0.6 is 11.5 Å². The van der Waals surface area contributed by atoms with E-state index in [0.29, 0.717) is 11.5 Å². The molecule has 0 saturated carbocycles. The van der Waals surface area contributed by atoms with E-state index < -0.39 is 16.5 Å². The molecule has 0 aliphatic rings. The number of nitro benzene ring substituents is 1. The van der Waals surface area contributed by atoms with E-state index in [1.165, 1.54) is 18.2 Å². The first-order chi connectivity index (χ1) is 8.49. The molecular formula is C9H6N4O4S. The molecule has 0 amide bonds. The Morgan fingerprint density at radius 2 is 2.22 bits per heavy atom. The highest BCUT2D eigenvalue weighted by Gasteiger charge is 2.16. The largest absolute Gasteiger partial charge is 0.374 e. The number of nitrogens with two attached hydrogens (primary N) is 1. The van der Waals surface area contributed by atoms with Gasteiger partial charge in [-0.25, -0.2) is 4.79 Å². The van der Waals surface area contributed by atoms with Crippen LogP contribution in [0.2, 0.25) is 0 Å². The van der Waals surface area contributed by atoms with Gasteiger partial charge in [0.1, 0.15) is 0 Å². The molecule has 0 radical (unpaired) electrons. The SMILES string of the molecule is Nc1nc(=O)n(C(=O)c2cccc([N+](=O)[O-])c2)s1. The average molecular weight is 266 g/mol. The predicted octanol–water partition coefficient (Wildman–Crippen LogP) is 0.484. The highest BCUT2D eigenvalue weighted by atomic mass is 32.1. The van der Waals surface area contributed by atoms with Crippen LogP contribution in [0.5, 0.6) is 0 Å². The Balaban J connectivity index is 2.46. The second kappa shape index (κ2) is 4.37. The summed E-state index contributed by atoms with van der Waals surface area (Å²) in [6, 6.07) is 5.07. The third-order valence-electron chi connectivity index (χ3n) is 2.05. The minimum absolute atomic E-state index is 0.0231. The van der Waals surface area contributed by atoms with E-state index in [-0.39, 0.29) is 16.4 Å². The van der Waals surface area contributed by atoms with Gasteiger partial charge < -0.3 is 5.73 Å². The average Bonchev–Trinajstić information content (AvgIpc) is 2.67. The number of carbonyl (C=O) groups excluding carboxylic acids is 1. The Hall–Kier alpha value is -2.55. The van der Waals surface area contributed by atoms with Crippen LogP contribution in [-0.2, 0) is 0 Å². The fourth-order valence-corrected chi connectivity index (χ4v) is 1.90. The topological polar surface area (TPSA) is 121 Å². The van der Waals surface area contributed by atoms with Crippen molar-refractivity contribution in [3.63, 3.8) is 0 Å². The minimum atomic E-state index is -0.797. The highest BCUT2D eigenvalue weighted by molar-refractivity contribution is 7.11. The van der Waals surface area contributed by atoms with Crippen LogP contribution in [0.4, 0.5) is 10.8 Å². The Bertz CT molecular complexity index is 690. The lowest BCUT2D eigenvalue weighted by atomic mass is 10.2. The van der Waals surface area contributed by atoms with Crippen LogP contribution < -0.4 is 11.4 Å². The fraction of sp³-hybridized carbons (Fsp3) is 0. The zero-order valence-electron chi connectivity index (χ0n) is 8.77. The smallest absolute Gasteiger partial charge is 0.367 e. The van der Waals surface area contributed by atoms with E-state index in [1.54, 1.807) is 0 Å². The first-order valence-corrected chi connectivity index (χ1v) is 5.41. The quantitative estimate of drug-likeness (QED) is 0.623. The number of nitrogen functional groups attached to an aromatic ring is 1. The molecule has 0 unspecified atom stereocenters. The van der Waals surface area contributed by atoms with Crippen molar-refractivity contribution in [3.8, 4) is 0 Å². The predicted molar refractivity (Wildman–Crippen MR) is 63.6 cm³/mol. The third kappa shape index (κ3) is 2.11. The molecule has 18 heavy (non-hydrogen) atoms. The van der Waals surface area contributed by atoms with Crippen molar-refractivity contribution < 1.29 is 9.72 Å². The first-order valence-electron chi connectivity index (χ1n) is 4.64. The van der Waals surface area contributed by atoms with Gasteiger partial charge in [0.25, 0.3) is 11.6 Å². The lowest BCUT2D eigenvalue weighted by molar-refractivity contribution is -0.384. The second-order valence-corrected chi connectivity index (χ2v) is 4.20. The van der Waals surface area contributed by atoms with Crippen LogP contribution in [-0.4, -0.2) is 19.8 Å². The maximum Gasteiger partial charge on any atom is 0.367 e. The normalized spacial score (nSPS) is 10.2. The molecule has 92 valence electrons. The summed E-state index contributed by atoms with van der Waals surface area (Å²) in [7, 11) is 0. The molecule has 8 nitrogen and oxygen atoms in total. The number of hydrogen-bond donors (Lipinski definition) is 1. The molecule has 2 aromatic rings. The Morgan fingerprint density at radius 3 is 2.78 bits per heavy atom. The van der Waals surface area contributed by atoms with Gasteiger partial charge in [0, 0.05) is 17.7 Å². The zero-order valence-corrected chi connectivity index (χ0v) is 9.59. The molecule has 0 bridgehead atoms. The fourth-order valence-electron chi connectivity index (χ4n) is 1.29. The van der Waals surface area contributed by atoms with E-state index >= 15 is 0 Å². The molecule has 0 atom stereocenters. The maximum absolute atomic E-state index is 11.9. The van der Waals surface area contributed by atoms with Crippen molar-refractivity contribution in [3.05, 3.63) is 50.4 Å². The summed E-state index contributed by atoms with van der Waals surface area (Å²) in [4.78, 5) is 36.5. The molecule has 0 spiro atoms. The van der Waals surface area contributed by atoms with E-state index in [2.05, 4.69) is 4.98 Å². The van der Waals surface area contributed by atoms with Gasteiger partial charge in [0.2, 0.25) is 5.13 Å². The number of benzene rings is 1. The van der Waals surface area contributed by atoms with Crippen molar-refractivity contribution in [2.24, 2.45) is 0 Å². The van der Waals surface area contributed by atoms with Gasteiger partial charge in [-0.05, 0) is 17.6 Å². The molecular weight excluding hydrogens is 260 g/mol. The van der Waals surface area contributed by atoms with Gasteiger partial charge in [-0.1, -0.05) is 6.07 Å². The number of anilines is 1. The number of nitro groups is 1. The molecule has 1 aromatic heterocycles. The van der Waals surface area contributed by atoms with Gasteiger partial charge in [0.05, 0.1) is 4.92 Å². The van der Waals surface area contributed by atoms with E-state index in [9.17, 15) is 19.7 Å². The first kappa shape index (κ1) is 11.9. The number of hydrogen-bond acceptors (Lipinski definition) is 7. The summed E-state index contributed by atoms with van der Waals surface area (Å²) in [6.45, 7) is 0. The van der Waals surface area contributed by atoms with Crippen LogP contribution in [0.3, 0.4) is 0 Å². The monoisotopic (exact) mass is 266 g/mol. The third-order valence-corrected chi connectivity index (χ3v) is 2.84. The van der Waals surface area contributed by atoms with E-state index in [1.807, 2.05) is 0 Å². The summed E-state index contributed by atoms with van der Waals surface area (Å²) in [5, 5.41) is 10.5. The van der Waals surface area contributed by atoms with Crippen LogP contribution in [0.15, 0.2) is 29.1 Å². The molecule has 1 aromatic carbocycles. The molecule has 0 aliphatic carbocycles. The molecule has 0 aliphatic heterocycles. The molecule has 9 heteroatoms. The van der Waals surface area contributed by atoms with Crippen molar-refractivity contribution in [2.45, 2.75) is 0 Å². The van der Waals surface area contributed by atoms with Crippen LogP contribution in [0.1, 0.15) is 10.4 Å². The molecule has 2 N–H and O–H groups in total. The number of rotatable bonds is 2. The van der Waals surface area contributed by atoms with Gasteiger partial charge in [-0.3, -0.25) is 14.9 Å². The maximum atomic E-state index is 11.9. The Kier molecular flexibility index (Phi) is 2.90. The standard InChI is InChI=1S/C9H6N4O4S/c10-8-11-9(15)12(18-8)7(14)5-2-1-3-6(4-5)13(16)17/h1-4H,(H2,10,11,15). The van der Waals surface area contributed by atoms with Crippen molar-refractivity contribution in [1.82, 2.24) is 8.94 Å². The van der Waals surface area contributed by atoms with Gasteiger partial charge >= 0.3 is 5.69 Å². The summed E-state index contributed by atoms with van der Waals surface area (Å²) >= 11 is 0.683. The summed E-state index contributed by atoms with van der Waals surface area (Å²) in [6.07, 6.45) is 0. The molecule has 0 saturated heterocycles. The molecule has 2 rings (SSSR count). The van der Waals surface area contributed by atoms with Gasteiger partial charge in [-0.15, -0.1) is 0 Å². The second-order valence-electron chi connectivity index (χ2n) is 3.23.